The van der Waals surface area contributed by atoms with Crippen molar-refractivity contribution in [2.75, 3.05) is 25.7 Å². The maximum absolute atomic E-state index is 11.9. The lowest BCUT2D eigenvalue weighted by Gasteiger charge is -2.31. The predicted molar refractivity (Wildman–Crippen MR) is 67.4 cm³/mol. The van der Waals surface area contributed by atoms with Crippen LogP contribution >= 0.6 is 0 Å². The van der Waals surface area contributed by atoms with Crippen molar-refractivity contribution < 1.29 is 19.0 Å². The summed E-state index contributed by atoms with van der Waals surface area (Å²) >= 11 is 0. The van der Waals surface area contributed by atoms with Crippen LogP contribution in [0, 0.1) is 11.3 Å². The highest BCUT2D eigenvalue weighted by atomic mass is 16.6. The van der Waals surface area contributed by atoms with Gasteiger partial charge in [0.1, 0.15) is 17.5 Å². The third kappa shape index (κ3) is 2.40. The molecule has 1 aromatic rings. The van der Waals surface area contributed by atoms with E-state index in [2.05, 4.69) is 6.07 Å². The van der Waals surface area contributed by atoms with E-state index in [4.69, 9.17) is 19.5 Å². The molecule has 6 heteroatoms. The minimum atomic E-state index is -0.567. The van der Waals surface area contributed by atoms with E-state index in [-0.39, 0.29) is 6.61 Å². The van der Waals surface area contributed by atoms with Crippen LogP contribution in [-0.4, -0.2) is 33.0 Å². The molecule has 0 aliphatic carbocycles. The van der Waals surface area contributed by atoms with E-state index < -0.39 is 12.1 Å². The molecule has 2 rings (SSSR count). The zero-order valence-electron chi connectivity index (χ0n) is 10.8. The highest BCUT2D eigenvalue weighted by molar-refractivity contribution is 5.92. The molecule has 0 aromatic heterocycles. The predicted octanol–water partition coefficient (Wildman–Crippen LogP) is 1.94. The lowest BCUT2D eigenvalue weighted by molar-refractivity contribution is 0.134. The number of nitriles is 1. The summed E-state index contributed by atoms with van der Waals surface area (Å²) in [5.41, 5.74) is 0.470. The first kappa shape index (κ1) is 13.0. The van der Waals surface area contributed by atoms with Crippen molar-refractivity contribution in [2.24, 2.45) is 0 Å². The first-order valence-electron chi connectivity index (χ1n) is 5.79. The van der Waals surface area contributed by atoms with Crippen LogP contribution in [0.3, 0.4) is 0 Å². The minimum Gasteiger partial charge on any atom is -0.497 e. The molecular formula is C13H14N2O4. The fourth-order valence-electron chi connectivity index (χ4n) is 1.96. The number of hydrogen-bond donors (Lipinski definition) is 0. The van der Waals surface area contributed by atoms with Crippen molar-refractivity contribution in [3.05, 3.63) is 18.2 Å². The third-order valence-corrected chi connectivity index (χ3v) is 2.92. The average molecular weight is 262 g/mol. The van der Waals surface area contributed by atoms with Gasteiger partial charge in [-0.25, -0.2) is 4.79 Å². The van der Waals surface area contributed by atoms with Crippen LogP contribution in [0.25, 0.3) is 0 Å². The van der Waals surface area contributed by atoms with Gasteiger partial charge < -0.3 is 14.2 Å². The molecule has 0 saturated carbocycles. The van der Waals surface area contributed by atoms with Gasteiger partial charge in [0, 0.05) is 12.5 Å². The molecule has 1 heterocycles. The van der Waals surface area contributed by atoms with Gasteiger partial charge in [-0.2, -0.15) is 5.26 Å². The molecule has 1 saturated heterocycles. The van der Waals surface area contributed by atoms with E-state index in [1.54, 1.807) is 18.2 Å². The van der Waals surface area contributed by atoms with Crippen molar-refractivity contribution in [1.82, 2.24) is 0 Å². The summed E-state index contributed by atoms with van der Waals surface area (Å²) in [6.45, 7) is 0.250. The molecule has 1 aliphatic heterocycles. The molecule has 1 fully saturated rings. The van der Waals surface area contributed by atoms with E-state index in [0.717, 1.165) is 0 Å². The molecule has 19 heavy (non-hydrogen) atoms. The van der Waals surface area contributed by atoms with Crippen molar-refractivity contribution in [3.63, 3.8) is 0 Å². The van der Waals surface area contributed by atoms with Crippen LogP contribution in [0.1, 0.15) is 6.42 Å². The molecule has 6 nitrogen and oxygen atoms in total. The Hall–Kier alpha value is -2.42. The first-order chi connectivity index (χ1) is 9.21. The first-order valence-corrected chi connectivity index (χ1v) is 5.79. The van der Waals surface area contributed by atoms with Crippen LogP contribution in [0.4, 0.5) is 10.5 Å². The highest BCUT2D eigenvalue weighted by Gasteiger charge is 2.33. The standard InChI is InChI=1S/C13H14N2O4/c1-17-10-3-4-12(18-2)11(7-10)15-9(8-14)5-6-19-13(15)16/h3-4,7,9H,5-6H2,1-2H3. The number of methoxy groups -OCH3 is 2. The van der Waals surface area contributed by atoms with Gasteiger partial charge in [0.25, 0.3) is 0 Å². The van der Waals surface area contributed by atoms with Crippen LogP contribution in [0.5, 0.6) is 11.5 Å². The van der Waals surface area contributed by atoms with Gasteiger partial charge in [0.15, 0.2) is 0 Å². The number of ether oxygens (including phenoxy) is 3. The van der Waals surface area contributed by atoms with Gasteiger partial charge in [0.05, 0.1) is 32.6 Å². The quantitative estimate of drug-likeness (QED) is 0.832. The van der Waals surface area contributed by atoms with E-state index in [0.29, 0.717) is 23.6 Å². The Kier molecular flexibility index (Phi) is 3.76. The van der Waals surface area contributed by atoms with Gasteiger partial charge >= 0.3 is 6.09 Å². The number of carbonyl (C=O) groups is 1. The molecule has 1 aliphatic rings. The second-order valence-electron chi connectivity index (χ2n) is 3.96. The zero-order valence-corrected chi connectivity index (χ0v) is 10.8. The number of benzene rings is 1. The molecular weight excluding hydrogens is 248 g/mol. The van der Waals surface area contributed by atoms with Gasteiger partial charge in [-0.05, 0) is 12.1 Å². The van der Waals surface area contributed by atoms with Crippen molar-refractivity contribution in [2.45, 2.75) is 12.5 Å². The highest BCUT2D eigenvalue weighted by Crippen LogP contribution is 2.35. The maximum Gasteiger partial charge on any atom is 0.415 e. The Bertz CT molecular complexity index is 524. The number of anilines is 1. The summed E-state index contributed by atoms with van der Waals surface area (Å²) in [4.78, 5) is 13.2. The molecule has 1 aromatic carbocycles. The Morgan fingerprint density at radius 3 is 2.84 bits per heavy atom. The van der Waals surface area contributed by atoms with Crippen molar-refractivity contribution in [1.29, 1.82) is 5.26 Å². The summed E-state index contributed by atoms with van der Waals surface area (Å²) < 4.78 is 15.3. The Morgan fingerprint density at radius 2 is 2.21 bits per heavy atom. The summed E-state index contributed by atoms with van der Waals surface area (Å²) in [5.74, 6) is 1.06. The monoisotopic (exact) mass is 262 g/mol. The molecule has 1 atom stereocenters. The Morgan fingerprint density at radius 1 is 1.42 bits per heavy atom. The van der Waals surface area contributed by atoms with Gasteiger partial charge in [-0.15, -0.1) is 0 Å². The fraction of sp³-hybridized carbons (Fsp3) is 0.385. The van der Waals surface area contributed by atoms with E-state index >= 15 is 0 Å². The number of rotatable bonds is 3. The summed E-state index contributed by atoms with van der Waals surface area (Å²) in [7, 11) is 3.03. The topological polar surface area (TPSA) is 71.8 Å². The molecule has 0 N–H and O–H groups in total. The second-order valence-corrected chi connectivity index (χ2v) is 3.96. The van der Waals surface area contributed by atoms with Crippen molar-refractivity contribution in [3.8, 4) is 17.6 Å². The fourth-order valence-corrected chi connectivity index (χ4v) is 1.96. The molecule has 0 spiro atoms. The largest absolute Gasteiger partial charge is 0.497 e. The smallest absolute Gasteiger partial charge is 0.415 e. The van der Waals surface area contributed by atoms with Crippen LogP contribution < -0.4 is 14.4 Å². The number of nitrogens with zero attached hydrogens (tertiary/aromatic N) is 2. The number of cyclic esters (lactones) is 1. The number of carbonyl (C=O) groups excluding carboxylic acids is 1. The molecule has 100 valence electrons. The second kappa shape index (κ2) is 5.48. The minimum absolute atomic E-state index is 0.250. The van der Waals surface area contributed by atoms with Crippen molar-refractivity contribution >= 4 is 11.8 Å². The molecule has 1 amide bonds. The summed E-state index contributed by atoms with van der Waals surface area (Å²) in [6, 6.07) is 6.59. The van der Waals surface area contributed by atoms with E-state index in [1.807, 2.05) is 0 Å². The number of amides is 1. The lowest BCUT2D eigenvalue weighted by atomic mass is 10.1. The summed E-state index contributed by atoms with van der Waals surface area (Å²) in [5, 5.41) is 9.16. The maximum atomic E-state index is 11.9. The van der Waals surface area contributed by atoms with Crippen LogP contribution in [0.15, 0.2) is 18.2 Å². The Balaban J connectivity index is 2.48. The number of hydrogen-bond acceptors (Lipinski definition) is 5. The SMILES string of the molecule is COc1ccc(OC)c(N2C(=O)OCCC2C#N)c1. The normalized spacial score (nSPS) is 18.5. The average Bonchev–Trinajstić information content (AvgIpc) is 2.46. The van der Waals surface area contributed by atoms with Crippen LogP contribution in [0.2, 0.25) is 0 Å². The van der Waals surface area contributed by atoms with Crippen LogP contribution in [-0.2, 0) is 4.74 Å². The van der Waals surface area contributed by atoms with E-state index in [1.165, 1.54) is 19.1 Å². The molecule has 0 radical (unpaired) electrons. The summed E-state index contributed by atoms with van der Waals surface area (Å²) in [6.07, 6.45) is -0.0906. The van der Waals surface area contributed by atoms with Gasteiger partial charge in [-0.3, -0.25) is 4.90 Å². The van der Waals surface area contributed by atoms with Gasteiger partial charge in [-0.1, -0.05) is 0 Å². The van der Waals surface area contributed by atoms with E-state index in [9.17, 15) is 4.79 Å². The third-order valence-electron chi connectivity index (χ3n) is 2.92. The lowest BCUT2D eigenvalue weighted by Crippen LogP contribution is -2.45. The zero-order chi connectivity index (χ0) is 13.8. The van der Waals surface area contributed by atoms with Gasteiger partial charge in [0.2, 0.25) is 0 Å². The Labute approximate surface area is 111 Å². The molecule has 0 bridgehead atoms. The molecule has 1 unspecified atom stereocenters.